The normalized spacial score (nSPS) is 17.2. The summed E-state index contributed by atoms with van der Waals surface area (Å²) in [5.74, 6) is 0. The van der Waals surface area contributed by atoms with Gasteiger partial charge in [-0.2, -0.15) is 5.10 Å². The SMILES string of the molecule is Cn1nccc1-c1cc(=S)n(C2CCOCC2)[nH]1. The Morgan fingerprint density at radius 2 is 2.22 bits per heavy atom. The Balaban J connectivity index is 1.96. The average molecular weight is 264 g/mol. The lowest BCUT2D eigenvalue weighted by atomic mass is 10.1. The van der Waals surface area contributed by atoms with Gasteiger partial charge in [0.1, 0.15) is 4.64 Å². The number of ether oxygens (including phenoxy) is 1. The van der Waals surface area contributed by atoms with Gasteiger partial charge in [-0.05, 0) is 18.9 Å². The van der Waals surface area contributed by atoms with Crippen LogP contribution >= 0.6 is 12.2 Å². The van der Waals surface area contributed by atoms with Crippen LogP contribution in [-0.2, 0) is 11.8 Å². The van der Waals surface area contributed by atoms with Gasteiger partial charge in [0, 0.05) is 32.5 Å². The monoisotopic (exact) mass is 264 g/mol. The molecule has 1 aliphatic rings. The minimum atomic E-state index is 0.424. The van der Waals surface area contributed by atoms with Crippen LogP contribution in [0.1, 0.15) is 18.9 Å². The molecule has 1 fully saturated rings. The average Bonchev–Trinajstić information content (AvgIpc) is 2.96. The Morgan fingerprint density at radius 1 is 1.44 bits per heavy atom. The van der Waals surface area contributed by atoms with Gasteiger partial charge in [0.25, 0.3) is 0 Å². The summed E-state index contributed by atoms with van der Waals surface area (Å²) in [6, 6.07) is 4.41. The van der Waals surface area contributed by atoms with Crippen molar-refractivity contribution in [3.05, 3.63) is 23.0 Å². The number of hydrogen-bond donors (Lipinski definition) is 1. The molecule has 96 valence electrons. The van der Waals surface area contributed by atoms with E-state index < -0.39 is 0 Å². The van der Waals surface area contributed by atoms with Crippen LogP contribution in [0.2, 0.25) is 0 Å². The van der Waals surface area contributed by atoms with Crippen LogP contribution in [0.3, 0.4) is 0 Å². The second-order valence-electron chi connectivity index (χ2n) is 4.56. The lowest BCUT2D eigenvalue weighted by Gasteiger charge is -2.23. The number of nitrogens with one attached hydrogen (secondary N) is 1. The van der Waals surface area contributed by atoms with Crippen LogP contribution in [0.25, 0.3) is 11.4 Å². The Labute approximate surface area is 110 Å². The molecule has 1 aliphatic heterocycles. The van der Waals surface area contributed by atoms with Crippen molar-refractivity contribution in [3.63, 3.8) is 0 Å². The lowest BCUT2D eigenvalue weighted by Crippen LogP contribution is -2.20. The van der Waals surface area contributed by atoms with E-state index >= 15 is 0 Å². The molecule has 0 bridgehead atoms. The molecule has 0 aromatic carbocycles. The molecule has 1 N–H and O–H groups in total. The van der Waals surface area contributed by atoms with Crippen molar-refractivity contribution in [1.29, 1.82) is 0 Å². The van der Waals surface area contributed by atoms with Crippen LogP contribution in [0.5, 0.6) is 0 Å². The smallest absolute Gasteiger partial charge is 0.122 e. The van der Waals surface area contributed by atoms with E-state index in [1.54, 1.807) is 6.20 Å². The van der Waals surface area contributed by atoms with Crippen LogP contribution < -0.4 is 0 Å². The van der Waals surface area contributed by atoms with Crippen molar-refractivity contribution in [2.75, 3.05) is 13.2 Å². The topological polar surface area (TPSA) is 47.8 Å². The van der Waals surface area contributed by atoms with Crippen LogP contribution in [0, 0.1) is 4.64 Å². The molecule has 1 saturated heterocycles. The molecule has 0 amide bonds. The van der Waals surface area contributed by atoms with Gasteiger partial charge in [0.2, 0.25) is 0 Å². The van der Waals surface area contributed by atoms with Crippen molar-refractivity contribution in [2.24, 2.45) is 7.05 Å². The first-order valence-corrected chi connectivity index (χ1v) is 6.54. The molecule has 5 nitrogen and oxygen atoms in total. The quantitative estimate of drug-likeness (QED) is 0.847. The summed E-state index contributed by atoms with van der Waals surface area (Å²) in [5.41, 5.74) is 2.07. The first-order valence-electron chi connectivity index (χ1n) is 6.13. The zero-order valence-corrected chi connectivity index (χ0v) is 11.1. The van der Waals surface area contributed by atoms with E-state index in [1.807, 2.05) is 23.9 Å². The largest absolute Gasteiger partial charge is 0.381 e. The summed E-state index contributed by atoms with van der Waals surface area (Å²) < 4.78 is 10.2. The molecule has 0 saturated carbocycles. The number of hydrogen-bond acceptors (Lipinski definition) is 3. The van der Waals surface area contributed by atoms with E-state index in [0.29, 0.717) is 6.04 Å². The summed E-state index contributed by atoms with van der Waals surface area (Å²) in [5, 5.41) is 7.57. The number of aromatic nitrogens is 4. The number of aryl methyl sites for hydroxylation is 1. The molecule has 2 aromatic heterocycles. The molecular weight excluding hydrogens is 248 g/mol. The molecular formula is C12H16N4OS. The molecule has 2 aromatic rings. The Morgan fingerprint density at radius 3 is 2.89 bits per heavy atom. The highest BCUT2D eigenvalue weighted by atomic mass is 32.1. The number of H-pyrrole nitrogens is 1. The predicted octanol–water partition coefficient (Wildman–Crippen LogP) is 2.30. The van der Waals surface area contributed by atoms with E-state index in [2.05, 4.69) is 14.9 Å². The first-order chi connectivity index (χ1) is 8.75. The Kier molecular flexibility index (Phi) is 3.05. The summed E-state index contributed by atoms with van der Waals surface area (Å²) in [6.07, 6.45) is 3.82. The van der Waals surface area contributed by atoms with E-state index in [4.69, 9.17) is 17.0 Å². The maximum absolute atomic E-state index is 5.43. The number of rotatable bonds is 2. The highest BCUT2D eigenvalue weighted by Gasteiger charge is 2.18. The van der Waals surface area contributed by atoms with Gasteiger partial charge in [-0.15, -0.1) is 0 Å². The predicted molar refractivity (Wildman–Crippen MR) is 70.9 cm³/mol. The molecule has 0 spiro atoms. The maximum atomic E-state index is 5.43. The van der Waals surface area contributed by atoms with Crippen molar-refractivity contribution >= 4 is 12.2 Å². The van der Waals surface area contributed by atoms with Crippen molar-refractivity contribution in [3.8, 4) is 11.4 Å². The third-order valence-corrected chi connectivity index (χ3v) is 3.71. The number of aromatic amines is 1. The highest BCUT2D eigenvalue weighted by Crippen LogP contribution is 2.24. The van der Waals surface area contributed by atoms with Crippen molar-refractivity contribution in [2.45, 2.75) is 18.9 Å². The zero-order valence-electron chi connectivity index (χ0n) is 10.3. The van der Waals surface area contributed by atoms with Crippen molar-refractivity contribution in [1.82, 2.24) is 19.6 Å². The highest BCUT2D eigenvalue weighted by molar-refractivity contribution is 7.71. The summed E-state index contributed by atoms with van der Waals surface area (Å²) in [6.45, 7) is 1.62. The molecule has 18 heavy (non-hydrogen) atoms. The minimum absolute atomic E-state index is 0.424. The van der Waals surface area contributed by atoms with Gasteiger partial charge in [0.15, 0.2) is 0 Å². The van der Waals surface area contributed by atoms with Gasteiger partial charge in [-0.1, -0.05) is 12.2 Å². The van der Waals surface area contributed by atoms with E-state index in [9.17, 15) is 0 Å². The first kappa shape index (κ1) is 11.7. The maximum Gasteiger partial charge on any atom is 0.122 e. The third kappa shape index (κ3) is 2.02. The third-order valence-electron chi connectivity index (χ3n) is 3.40. The lowest BCUT2D eigenvalue weighted by molar-refractivity contribution is 0.0659. The van der Waals surface area contributed by atoms with Gasteiger partial charge < -0.3 is 4.74 Å². The molecule has 0 aliphatic carbocycles. The van der Waals surface area contributed by atoms with Crippen LogP contribution in [0.4, 0.5) is 0 Å². The summed E-state index contributed by atoms with van der Waals surface area (Å²) in [7, 11) is 1.93. The molecule has 6 heteroatoms. The molecule has 0 atom stereocenters. The fourth-order valence-electron chi connectivity index (χ4n) is 2.39. The fraction of sp³-hybridized carbons (Fsp3) is 0.500. The summed E-state index contributed by atoms with van der Waals surface area (Å²) >= 11 is 5.43. The standard InChI is InChI=1S/C12H16N4OS/c1-15-11(2-5-13-15)10-8-12(18)16(14-10)9-3-6-17-7-4-9/h2,5,8-9,14H,3-4,6-7H2,1H3. The Bertz CT molecular complexity index is 591. The second kappa shape index (κ2) is 4.70. The molecule has 3 rings (SSSR count). The molecule has 0 unspecified atom stereocenters. The van der Waals surface area contributed by atoms with E-state index in [1.165, 1.54) is 0 Å². The van der Waals surface area contributed by atoms with Gasteiger partial charge >= 0.3 is 0 Å². The summed E-state index contributed by atoms with van der Waals surface area (Å²) in [4.78, 5) is 0. The molecule has 0 radical (unpaired) electrons. The number of nitrogens with zero attached hydrogens (tertiary/aromatic N) is 3. The van der Waals surface area contributed by atoms with E-state index in [-0.39, 0.29) is 0 Å². The van der Waals surface area contributed by atoms with Crippen LogP contribution in [0.15, 0.2) is 18.3 Å². The zero-order chi connectivity index (χ0) is 12.5. The van der Waals surface area contributed by atoms with Gasteiger partial charge in [0.05, 0.1) is 17.4 Å². The minimum Gasteiger partial charge on any atom is -0.381 e. The van der Waals surface area contributed by atoms with Gasteiger partial charge in [-0.3, -0.25) is 14.5 Å². The fourth-order valence-corrected chi connectivity index (χ4v) is 2.71. The van der Waals surface area contributed by atoms with Crippen LogP contribution in [-0.4, -0.2) is 32.8 Å². The second-order valence-corrected chi connectivity index (χ2v) is 4.98. The van der Waals surface area contributed by atoms with Crippen molar-refractivity contribution < 1.29 is 4.74 Å². The van der Waals surface area contributed by atoms with E-state index in [0.717, 1.165) is 42.1 Å². The van der Waals surface area contributed by atoms with Gasteiger partial charge in [-0.25, -0.2) is 0 Å². The Hall–Kier alpha value is -1.40. The molecule has 3 heterocycles.